The second-order valence-electron chi connectivity index (χ2n) is 4.14. The molecule has 0 saturated carbocycles. The first-order valence-corrected chi connectivity index (χ1v) is 6.45. The third-order valence-corrected chi connectivity index (χ3v) is 3.43. The smallest absolute Gasteiger partial charge is 0.214 e. The van der Waals surface area contributed by atoms with E-state index in [1.165, 1.54) is 17.1 Å². The van der Waals surface area contributed by atoms with E-state index in [0.717, 1.165) is 12.2 Å². The summed E-state index contributed by atoms with van der Waals surface area (Å²) in [6.07, 6.45) is 1.51. The van der Waals surface area contributed by atoms with E-state index in [9.17, 15) is 4.39 Å². The minimum Gasteiger partial charge on any atom is -0.364 e. The molecule has 0 N–H and O–H groups in total. The summed E-state index contributed by atoms with van der Waals surface area (Å²) in [7, 11) is 0. The van der Waals surface area contributed by atoms with Gasteiger partial charge in [-0.05, 0) is 31.4 Å². The van der Waals surface area contributed by atoms with Crippen LogP contribution in [0.3, 0.4) is 0 Å². The van der Waals surface area contributed by atoms with Crippen molar-refractivity contribution in [1.29, 1.82) is 0 Å². The Labute approximate surface area is 105 Å². The first-order valence-electron chi connectivity index (χ1n) is 5.57. The molecule has 0 radical (unpaired) electrons. The van der Waals surface area contributed by atoms with Gasteiger partial charge in [-0.3, -0.25) is 0 Å². The zero-order valence-electron chi connectivity index (χ0n) is 9.93. The van der Waals surface area contributed by atoms with Gasteiger partial charge in [0.05, 0.1) is 6.54 Å². The lowest BCUT2D eigenvalue weighted by Gasteiger charge is -2.28. The Balaban J connectivity index is 2.23. The van der Waals surface area contributed by atoms with E-state index in [1.54, 1.807) is 11.3 Å². The molecule has 17 heavy (non-hydrogen) atoms. The van der Waals surface area contributed by atoms with E-state index in [4.69, 9.17) is 0 Å². The molecule has 0 aliphatic heterocycles. The van der Waals surface area contributed by atoms with Crippen molar-refractivity contribution in [1.82, 2.24) is 4.98 Å². The molecule has 0 spiro atoms. The summed E-state index contributed by atoms with van der Waals surface area (Å²) in [5.41, 5.74) is 0.876. The molecule has 4 heteroatoms. The number of thiophene rings is 1. The molecule has 0 fully saturated rings. The maximum Gasteiger partial charge on any atom is 0.214 e. The van der Waals surface area contributed by atoms with Crippen molar-refractivity contribution in [3.05, 3.63) is 46.7 Å². The Hall–Kier alpha value is -1.42. The van der Waals surface area contributed by atoms with Gasteiger partial charge in [-0.2, -0.15) is 4.39 Å². The first kappa shape index (κ1) is 12.0. The molecule has 2 rings (SSSR count). The maximum atomic E-state index is 13.1. The summed E-state index contributed by atoms with van der Waals surface area (Å²) in [4.78, 5) is 7.03. The highest BCUT2D eigenvalue weighted by Gasteiger charge is 2.12. The SMILES string of the molecule is CC(C)N(Cc1cccs1)c1ccnc(F)c1. The second-order valence-corrected chi connectivity index (χ2v) is 5.17. The van der Waals surface area contributed by atoms with Crippen LogP contribution in [-0.4, -0.2) is 11.0 Å². The quantitative estimate of drug-likeness (QED) is 0.769. The van der Waals surface area contributed by atoms with Gasteiger partial charge in [0.15, 0.2) is 0 Å². The molecule has 2 nitrogen and oxygen atoms in total. The molecule has 2 aromatic rings. The van der Waals surface area contributed by atoms with Crippen molar-refractivity contribution in [3.63, 3.8) is 0 Å². The van der Waals surface area contributed by atoms with Gasteiger partial charge < -0.3 is 4.90 Å². The van der Waals surface area contributed by atoms with Crippen LogP contribution in [0, 0.1) is 5.95 Å². The van der Waals surface area contributed by atoms with Crippen LogP contribution in [0.5, 0.6) is 0 Å². The van der Waals surface area contributed by atoms with Crippen LogP contribution in [0.15, 0.2) is 35.8 Å². The van der Waals surface area contributed by atoms with Crippen molar-refractivity contribution >= 4 is 17.0 Å². The Morgan fingerprint density at radius 1 is 1.41 bits per heavy atom. The number of nitrogens with zero attached hydrogens (tertiary/aromatic N) is 2. The predicted octanol–water partition coefficient (Wildman–Crippen LogP) is 3.70. The molecule has 2 heterocycles. The number of pyridine rings is 1. The topological polar surface area (TPSA) is 16.1 Å². The molecule has 0 aromatic carbocycles. The van der Waals surface area contributed by atoms with E-state index >= 15 is 0 Å². The average Bonchev–Trinajstić information content (AvgIpc) is 2.78. The van der Waals surface area contributed by atoms with E-state index in [-0.39, 0.29) is 0 Å². The minimum absolute atomic E-state index is 0.318. The molecule has 0 saturated heterocycles. The van der Waals surface area contributed by atoms with E-state index < -0.39 is 5.95 Å². The van der Waals surface area contributed by atoms with Gasteiger partial charge in [-0.25, -0.2) is 4.98 Å². The highest BCUT2D eigenvalue weighted by molar-refractivity contribution is 7.09. The van der Waals surface area contributed by atoms with Gasteiger partial charge in [0.25, 0.3) is 0 Å². The van der Waals surface area contributed by atoms with Crippen molar-refractivity contribution in [2.75, 3.05) is 4.90 Å². The number of halogens is 1. The Morgan fingerprint density at radius 3 is 2.82 bits per heavy atom. The molecular weight excluding hydrogens is 235 g/mol. The summed E-state index contributed by atoms with van der Waals surface area (Å²) in [6.45, 7) is 5.01. The second kappa shape index (κ2) is 5.27. The zero-order chi connectivity index (χ0) is 12.3. The molecule has 0 aliphatic carbocycles. The lowest BCUT2D eigenvalue weighted by Crippen LogP contribution is -2.29. The Kier molecular flexibility index (Phi) is 3.74. The lowest BCUT2D eigenvalue weighted by atomic mass is 10.2. The Morgan fingerprint density at radius 2 is 2.24 bits per heavy atom. The van der Waals surface area contributed by atoms with Crippen LogP contribution in [0.1, 0.15) is 18.7 Å². The summed E-state index contributed by atoms with van der Waals surface area (Å²) < 4.78 is 13.1. The van der Waals surface area contributed by atoms with Crippen molar-refractivity contribution in [2.45, 2.75) is 26.4 Å². The summed E-state index contributed by atoms with van der Waals surface area (Å²) in [6, 6.07) is 7.77. The highest BCUT2D eigenvalue weighted by Crippen LogP contribution is 2.21. The van der Waals surface area contributed by atoms with Crippen LogP contribution in [0.25, 0.3) is 0 Å². The molecule has 2 aromatic heterocycles. The number of hydrogen-bond donors (Lipinski definition) is 0. The molecule has 0 amide bonds. The van der Waals surface area contributed by atoms with Gasteiger partial charge in [-0.1, -0.05) is 6.07 Å². The number of aromatic nitrogens is 1. The molecule has 0 atom stereocenters. The average molecular weight is 250 g/mol. The highest BCUT2D eigenvalue weighted by atomic mass is 32.1. The van der Waals surface area contributed by atoms with Crippen LogP contribution in [0.4, 0.5) is 10.1 Å². The third-order valence-electron chi connectivity index (χ3n) is 2.57. The van der Waals surface area contributed by atoms with E-state index in [2.05, 4.69) is 35.2 Å². The minimum atomic E-state index is -0.431. The molecule has 90 valence electrons. The van der Waals surface area contributed by atoms with Gasteiger partial charge in [0.2, 0.25) is 5.95 Å². The normalized spacial score (nSPS) is 10.8. The van der Waals surface area contributed by atoms with Crippen LogP contribution in [-0.2, 0) is 6.54 Å². The van der Waals surface area contributed by atoms with Gasteiger partial charge in [0, 0.05) is 28.9 Å². The molecule has 0 bridgehead atoms. The Bertz CT molecular complexity index is 468. The fourth-order valence-electron chi connectivity index (χ4n) is 1.71. The van der Waals surface area contributed by atoms with E-state index in [1.807, 2.05) is 12.1 Å². The van der Waals surface area contributed by atoms with Crippen molar-refractivity contribution in [2.24, 2.45) is 0 Å². The molecule has 0 unspecified atom stereocenters. The first-order chi connectivity index (χ1) is 8.16. The summed E-state index contributed by atoms with van der Waals surface area (Å²) >= 11 is 1.72. The van der Waals surface area contributed by atoms with Gasteiger partial charge in [0.1, 0.15) is 0 Å². The van der Waals surface area contributed by atoms with Crippen molar-refractivity contribution < 1.29 is 4.39 Å². The monoisotopic (exact) mass is 250 g/mol. The van der Waals surface area contributed by atoms with Gasteiger partial charge in [-0.15, -0.1) is 11.3 Å². The van der Waals surface area contributed by atoms with Crippen LogP contribution < -0.4 is 4.90 Å². The standard InChI is InChI=1S/C13H15FN2S/c1-10(2)16(9-12-4-3-7-17-12)11-5-6-15-13(14)8-11/h3-8,10H,9H2,1-2H3. The molecule has 0 aliphatic rings. The third kappa shape index (κ3) is 3.03. The predicted molar refractivity (Wildman–Crippen MR) is 69.8 cm³/mol. The number of rotatable bonds is 4. The zero-order valence-corrected chi connectivity index (χ0v) is 10.7. The van der Waals surface area contributed by atoms with Crippen LogP contribution in [0.2, 0.25) is 0 Å². The largest absolute Gasteiger partial charge is 0.364 e. The van der Waals surface area contributed by atoms with Crippen LogP contribution >= 0.6 is 11.3 Å². The van der Waals surface area contributed by atoms with E-state index in [0.29, 0.717) is 6.04 Å². The summed E-state index contributed by atoms with van der Waals surface area (Å²) in [5.74, 6) is -0.431. The fraction of sp³-hybridized carbons (Fsp3) is 0.308. The maximum absolute atomic E-state index is 13.1. The summed E-state index contributed by atoms with van der Waals surface area (Å²) in [5, 5.41) is 2.06. The van der Waals surface area contributed by atoms with Crippen molar-refractivity contribution in [3.8, 4) is 0 Å². The fourth-order valence-corrected chi connectivity index (χ4v) is 2.42. The van der Waals surface area contributed by atoms with Gasteiger partial charge >= 0.3 is 0 Å². The lowest BCUT2D eigenvalue weighted by molar-refractivity contribution is 0.580. The number of hydrogen-bond acceptors (Lipinski definition) is 3. The molecular formula is C13H15FN2S. The number of anilines is 1.